The quantitative estimate of drug-likeness (QED) is 0.499. The van der Waals surface area contributed by atoms with Crippen molar-refractivity contribution in [2.24, 2.45) is 0 Å². The Bertz CT molecular complexity index is 697. The number of halogens is 1. The number of ether oxygens (including phenoxy) is 2. The Morgan fingerprint density at radius 3 is 2.18 bits per heavy atom. The van der Waals surface area contributed by atoms with Crippen molar-refractivity contribution in [3.05, 3.63) is 23.2 Å². The lowest BCUT2D eigenvalue weighted by Gasteiger charge is -2.39. The highest BCUT2D eigenvalue weighted by molar-refractivity contribution is 6.62. The van der Waals surface area contributed by atoms with Gasteiger partial charge in [0.05, 0.1) is 22.8 Å². The highest BCUT2D eigenvalue weighted by Gasteiger charge is 2.52. The molecule has 1 aromatic carbocycles. The first-order valence-electron chi connectivity index (χ1n) is 9.09. The Balaban J connectivity index is 1.75. The molecule has 10 heteroatoms. The van der Waals surface area contributed by atoms with Crippen LogP contribution < -0.4 is 10.2 Å². The normalized spacial score (nSPS) is 34.5. The van der Waals surface area contributed by atoms with Gasteiger partial charge in [0, 0.05) is 0 Å². The third-order valence-electron chi connectivity index (χ3n) is 5.57. The molecule has 5 atom stereocenters. The van der Waals surface area contributed by atoms with Crippen molar-refractivity contribution in [2.45, 2.75) is 69.6 Å². The highest BCUT2D eigenvalue weighted by Crippen LogP contribution is 2.37. The molecule has 0 spiro atoms. The molecule has 28 heavy (non-hydrogen) atoms. The number of aliphatic hydroxyl groups is 4. The second kappa shape index (κ2) is 7.73. The molecule has 4 N–H and O–H groups in total. The number of hydrogen-bond donors (Lipinski definition) is 4. The van der Waals surface area contributed by atoms with Gasteiger partial charge in [0.15, 0.2) is 0 Å². The molecule has 5 unspecified atom stereocenters. The molecule has 2 fully saturated rings. The van der Waals surface area contributed by atoms with Crippen LogP contribution in [0.5, 0.6) is 5.75 Å². The standard InChI is InChI=1S/C18H26BClO8/c1-17(2)18(3,4)28-19(27-17)9-5-6-11(10(20)7-9)25-16-15(24)14(23)13(22)12(8-21)26-16/h5-7,12-16,21-24H,8H2,1-4H3. The van der Waals surface area contributed by atoms with Crippen LogP contribution in [-0.2, 0) is 14.0 Å². The van der Waals surface area contributed by atoms with Crippen molar-refractivity contribution in [1.82, 2.24) is 0 Å². The average Bonchev–Trinajstić information content (AvgIpc) is 2.84. The molecule has 2 saturated heterocycles. The molecule has 1 aromatic rings. The summed E-state index contributed by atoms with van der Waals surface area (Å²) in [5, 5.41) is 39.3. The fourth-order valence-corrected chi connectivity index (χ4v) is 3.26. The smallest absolute Gasteiger partial charge is 0.460 e. The van der Waals surface area contributed by atoms with Crippen LogP contribution in [0.1, 0.15) is 27.7 Å². The zero-order valence-electron chi connectivity index (χ0n) is 16.2. The van der Waals surface area contributed by atoms with Crippen molar-refractivity contribution in [1.29, 1.82) is 0 Å². The predicted molar refractivity (Wildman–Crippen MR) is 102 cm³/mol. The maximum absolute atomic E-state index is 10.1. The topological polar surface area (TPSA) is 118 Å². The van der Waals surface area contributed by atoms with Crippen molar-refractivity contribution in [2.75, 3.05) is 6.61 Å². The minimum absolute atomic E-state index is 0.200. The summed E-state index contributed by atoms with van der Waals surface area (Å²) in [7, 11) is -0.594. The van der Waals surface area contributed by atoms with Crippen LogP contribution in [0, 0.1) is 0 Å². The van der Waals surface area contributed by atoms with E-state index < -0.39 is 55.6 Å². The predicted octanol–water partition coefficient (Wildman–Crippen LogP) is -0.182. The summed E-state index contributed by atoms with van der Waals surface area (Å²) in [6.45, 7) is 7.26. The molecule has 3 rings (SSSR count). The third kappa shape index (κ3) is 3.90. The molecule has 2 aliphatic rings. The van der Waals surface area contributed by atoms with Crippen molar-refractivity contribution >= 4 is 24.2 Å². The maximum Gasteiger partial charge on any atom is 0.494 e. The molecule has 0 aliphatic carbocycles. The molecule has 8 nitrogen and oxygen atoms in total. The van der Waals surface area contributed by atoms with Gasteiger partial charge in [-0.1, -0.05) is 17.7 Å². The average molecular weight is 417 g/mol. The Morgan fingerprint density at radius 2 is 1.64 bits per heavy atom. The molecule has 0 aromatic heterocycles. The molecule has 156 valence electrons. The van der Waals surface area contributed by atoms with Gasteiger partial charge in [0.25, 0.3) is 0 Å². The lowest BCUT2D eigenvalue weighted by molar-refractivity contribution is -0.277. The monoisotopic (exact) mass is 416 g/mol. The van der Waals surface area contributed by atoms with Gasteiger partial charge in [-0.3, -0.25) is 0 Å². The Kier molecular flexibility index (Phi) is 6.02. The maximum atomic E-state index is 10.1. The van der Waals surface area contributed by atoms with Crippen LogP contribution in [0.3, 0.4) is 0 Å². The molecule has 0 saturated carbocycles. The summed E-state index contributed by atoms with van der Waals surface area (Å²) in [5.41, 5.74) is -0.282. The fourth-order valence-electron chi connectivity index (χ4n) is 3.03. The van der Waals surface area contributed by atoms with E-state index in [-0.39, 0.29) is 10.8 Å². The minimum Gasteiger partial charge on any atom is -0.460 e. The second-order valence-corrected chi connectivity index (χ2v) is 8.50. The summed E-state index contributed by atoms with van der Waals surface area (Å²) in [5.74, 6) is 0.200. The van der Waals surface area contributed by atoms with E-state index in [0.29, 0.717) is 5.46 Å². The Labute approximate surface area is 169 Å². The van der Waals surface area contributed by atoms with Gasteiger partial charge < -0.3 is 39.2 Å². The molecule has 0 radical (unpaired) electrons. The van der Waals surface area contributed by atoms with Gasteiger partial charge in [-0.2, -0.15) is 0 Å². The van der Waals surface area contributed by atoms with Gasteiger partial charge in [-0.15, -0.1) is 0 Å². The molecule has 2 heterocycles. The SMILES string of the molecule is CC1(C)OB(c2ccc(OC3OC(CO)C(O)C(O)C3O)c(Cl)c2)OC1(C)C. The molecule has 0 bridgehead atoms. The molecule has 2 aliphatic heterocycles. The number of hydrogen-bond acceptors (Lipinski definition) is 8. The summed E-state index contributed by atoms with van der Waals surface area (Å²) in [6.07, 6.45) is -6.88. The Morgan fingerprint density at radius 1 is 1.04 bits per heavy atom. The van der Waals surface area contributed by atoms with Crippen LogP contribution >= 0.6 is 11.6 Å². The van der Waals surface area contributed by atoms with E-state index in [1.165, 1.54) is 0 Å². The van der Waals surface area contributed by atoms with Crippen LogP contribution in [0.25, 0.3) is 0 Å². The van der Waals surface area contributed by atoms with Gasteiger partial charge in [0.1, 0.15) is 30.2 Å². The van der Waals surface area contributed by atoms with E-state index in [1.54, 1.807) is 18.2 Å². The van der Waals surface area contributed by atoms with Crippen LogP contribution in [-0.4, -0.2) is 76.1 Å². The zero-order chi connectivity index (χ0) is 20.9. The van der Waals surface area contributed by atoms with E-state index in [4.69, 9.17) is 30.4 Å². The van der Waals surface area contributed by atoms with E-state index in [2.05, 4.69) is 0 Å². The summed E-state index contributed by atoms with van der Waals surface area (Å²) in [4.78, 5) is 0. The first-order valence-corrected chi connectivity index (χ1v) is 9.47. The molecule has 0 amide bonds. The van der Waals surface area contributed by atoms with Gasteiger partial charge in [-0.25, -0.2) is 0 Å². The van der Waals surface area contributed by atoms with E-state index >= 15 is 0 Å². The van der Waals surface area contributed by atoms with Gasteiger partial charge in [-0.05, 0) is 45.3 Å². The lowest BCUT2D eigenvalue weighted by Crippen LogP contribution is -2.60. The fraction of sp³-hybridized carbons (Fsp3) is 0.667. The minimum atomic E-state index is -1.53. The first kappa shape index (κ1) is 21.8. The summed E-state index contributed by atoms with van der Waals surface area (Å²) >= 11 is 6.32. The van der Waals surface area contributed by atoms with E-state index in [1.807, 2.05) is 27.7 Å². The third-order valence-corrected chi connectivity index (χ3v) is 5.87. The van der Waals surface area contributed by atoms with Gasteiger partial charge in [0.2, 0.25) is 6.29 Å². The van der Waals surface area contributed by atoms with E-state index in [9.17, 15) is 20.4 Å². The lowest BCUT2D eigenvalue weighted by atomic mass is 9.79. The zero-order valence-corrected chi connectivity index (χ0v) is 17.0. The van der Waals surface area contributed by atoms with Crippen LogP contribution in [0.15, 0.2) is 18.2 Å². The first-order chi connectivity index (χ1) is 13.0. The van der Waals surface area contributed by atoms with Crippen LogP contribution in [0.4, 0.5) is 0 Å². The molecular weight excluding hydrogens is 390 g/mol. The molecular formula is C18H26BClO8. The van der Waals surface area contributed by atoms with Crippen molar-refractivity contribution < 1.29 is 39.2 Å². The highest BCUT2D eigenvalue weighted by atomic mass is 35.5. The number of rotatable bonds is 4. The van der Waals surface area contributed by atoms with Gasteiger partial charge >= 0.3 is 7.12 Å². The van der Waals surface area contributed by atoms with Crippen molar-refractivity contribution in [3.63, 3.8) is 0 Å². The number of benzene rings is 1. The number of aliphatic hydroxyl groups excluding tert-OH is 4. The summed E-state index contributed by atoms with van der Waals surface area (Å²) in [6, 6.07) is 4.92. The van der Waals surface area contributed by atoms with E-state index in [0.717, 1.165) is 0 Å². The second-order valence-electron chi connectivity index (χ2n) is 8.09. The summed E-state index contributed by atoms with van der Waals surface area (Å²) < 4.78 is 22.9. The van der Waals surface area contributed by atoms with Crippen LogP contribution in [0.2, 0.25) is 5.02 Å². The largest absolute Gasteiger partial charge is 0.494 e. The Hall–Kier alpha value is -0.905. The van der Waals surface area contributed by atoms with Crippen molar-refractivity contribution in [3.8, 4) is 5.75 Å².